The summed E-state index contributed by atoms with van der Waals surface area (Å²) in [5.74, 6) is -2.40. The zero-order valence-corrected chi connectivity index (χ0v) is 25.5. The minimum Gasteiger partial charge on any atom is -0.496 e. The van der Waals surface area contributed by atoms with Gasteiger partial charge in [-0.25, -0.2) is 4.39 Å². The van der Waals surface area contributed by atoms with Crippen LogP contribution in [0.5, 0.6) is 11.5 Å². The van der Waals surface area contributed by atoms with Gasteiger partial charge in [0, 0.05) is 49.9 Å². The van der Waals surface area contributed by atoms with Crippen molar-refractivity contribution in [3.05, 3.63) is 89.0 Å². The third-order valence-corrected chi connectivity index (χ3v) is 8.83. The number of rotatable bonds is 7. The summed E-state index contributed by atoms with van der Waals surface area (Å²) in [4.78, 5) is 34.8. The number of piperidine rings is 1. The molecule has 3 heterocycles. The molecule has 2 amide bonds. The standard InChI is InChI=1S/C33H32F7N3O4/c1-3-27-31(47-22-10-8-21(9-11-22)32(35,36)37,14-5-16-43(27)29(44)23-18-41-15-12-24(23)33(38,39)40)30(45)42-17-13-20(19-42)28-25(34)6-4-7-26(28)46-2/h4,6-12,15,18,20,27H,3,5,13-14,16-17,19H2,1-2H3/t20?,27?,31-/m0/s1. The van der Waals surface area contributed by atoms with Crippen molar-refractivity contribution >= 4 is 11.8 Å². The molecular weight excluding hydrogens is 635 g/mol. The minimum atomic E-state index is -4.87. The van der Waals surface area contributed by atoms with Gasteiger partial charge in [0.05, 0.1) is 29.8 Å². The van der Waals surface area contributed by atoms with Gasteiger partial charge in [0.15, 0.2) is 0 Å². The van der Waals surface area contributed by atoms with Gasteiger partial charge in [-0.3, -0.25) is 14.6 Å². The fourth-order valence-electron chi connectivity index (χ4n) is 6.72. The van der Waals surface area contributed by atoms with Crippen molar-refractivity contribution in [1.29, 1.82) is 0 Å². The predicted molar refractivity (Wildman–Crippen MR) is 155 cm³/mol. The number of carbonyl (C=O) groups excluding carboxylic acids is 2. The number of benzene rings is 2. The first-order valence-corrected chi connectivity index (χ1v) is 15.0. The highest BCUT2D eigenvalue weighted by Gasteiger charge is 2.56. The maximum absolute atomic E-state index is 15.0. The SMILES string of the molecule is CCC1N(C(=O)c2cnccc2C(F)(F)F)CCC[C@@]1(Oc1ccc(C(F)(F)F)cc1)C(=O)N1CCC(c2c(F)cccc2OC)C1. The van der Waals surface area contributed by atoms with Crippen LogP contribution in [0.1, 0.15) is 65.6 Å². The van der Waals surface area contributed by atoms with Crippen LogP contribution in [0.3, 0.4) is 0 Å². The van der Waals surface area contributed by atoms with Gasteiger partial charge in [-0.2, -0.15) is 26.3 Å². The van der Waals surface area contributed by atoms with Crippen LogP contribution in [-0.4, -0.2) is 65.0 Å². The first-order chi connectivity index (χ1) is 22.2. The van der Waals surface area contributed by atoms with Crippen molar-refractivity contribution in [2.75, 3.05) is 26.7 Å². The maximum Gasteiger partial charge on any atom is 0.417 e. The van der Waals surface area contributed by atoms with Crippen LogP contribution in [0.15, 0.2) is 60.9 Å². The van der Waals surface area contributed by atoms with Gasteiger partial charge in [0.2, 0.25) is 5.60 Å². The van der Waals surface area contributed by atoms with E-state index < -0.39 is 64.2 Å². The Kier molecular flexibility index (Phi) is 9.43. The number of hydrogen-bond donors (Lipinski definition) is 0. The Hall–Kier alpha value is -4.36. The van der Waals surface area contributed by atoms with Crippen molar-refractivity contribution in [2.24, 2.45) is 0 Å². The van der Waals surface area contributed by atoms with E-state index in [1.807, 2.05) is 0 Å². The summed E-state index contributed by atoms with van der Waals surface area (Å²) in [7, 11) is 1.40. The lowest BCUT2D eigenvalue weighted by Gasteiger charge is -2.49. The molecule has 5 rings (SSSR count). The van der Waals surface area contributed by atoms with E-state index in [1.165, 1.54) is 24.1 Å². The van der Waals surface area contributed by atoms with E-state index in [9.17, 15) is 40.3 Å². The lowest BCUT2D eigenvalue weighted by atomic mass is 9.80. The number of nitrogens with zero attached hydrogens (tertiary/aromatic N) is 3. The number of alkyl halides is 6. The third kappa shape index (κ3) is 6.59. The Morgan fingerprint density at radius 1 is 1.00 bits per heavy atom. The number of carbonyl (C=O) groups is 2. The Morgan fingerprint density at radius 3 is 2.36 bits per heavy atom. The third-order valence-electron chi connectivity index (χ3n) is 8.83. The van der Waals surface area contributed by atoms with E-state index in [0.29, 0.717) is 18.2 Å². The largest absolute Gasteiger partial charge is 0.496 e. The molecule has 0 saturated carbocycles. The Morgan fingerprint density at radius 2 is 1.72 bits per heavy atom. The number of pyridine rings is 1. The van der Waals surface area contributed by atoms with Gasteiger partial charge >= 0.3 is 12.4 Å². The molecule has 3 aromatic rings. The number of halogens is 7. The molecule has 252 valence electrons. The molecular formula is C33H32F7N3O4. The minimum absolute atomic E-state index is 0.00994. The van der Waals surface area contributed by atoms with Crippen molar-refractivity contribution in [2.45, 2.75) is 62.5 Å². The lowest BCUT2D eigenvalue weighted by molar-refractivity contribution is -0.158. The van der Waals surface area contributed by atoms with Crippen molar-refractivity contribution < 1.29 is 49.8 Å². The van der Waals surface area contributed by atoms with Crippen LogP contribution in [-0.2, 0) is 17.1 Å². The summed E-state index contributed by atoms with van der Waals surface area (Å²) in [5, 5.41) is 0. The van der Waals surface area contributed by atoms with E-state index in [0.717, 1.165) is 41.6 Å². The van der Waals surface area contributed by atoms with Crippen molar-refractivity contribution in [3.63, 3.8) is 0 Å². The van der Waals surface area contributed by atoms with E-state index in [-0.39, 0.29) is 50.2 Å². The smallest absolute Gasteiger partial charge is 0.417 e. The first kappa shape index (κ1) is 34.0. The molecule has 0 bridgehead atoms. The number of likely N-dealkylation sites (tertiary alicyclic amines) is 2. The van der Waals surface area contributed by atoms with Crippen LogP contribution in [0.25, 0.3) is 0 Å². The molecule has 0 radical (unpaired) electrons. The number of methoxy groups -OCH3 is 1. The van der Waals surface area contributed by atoms with Crippen molar-refractivity contribution in [3.8, 4) is 11.5 Å². The molecule has 2 fully saturated rings. The fraction of sp³-hybridized carbons (Fsp3) is 0.424. The van der Waals surface area contributed by atoms with Gasteiger partial charge in [0.25, 0.3) is 11.8 Å². The molecule has 0 aliphatic carbocycles. The number of hydrogen-bond acceptors (Lipinski definition) is 5. The summed E-state index contributed by atoms with van der Waals surface area (Å²) in [6, 6.07) is 7.65. The number of ether oxygens (including phenoxy) is 2. The highest BCUT2D eigenvalue weighted by Crippen LogP contribution is 2.42. The molecule has 2 aliphatic heterocycles. The Labute approximate surface area is 266 Å². The molecule has 2 aliphatic rings. The summed E-state index contributed by atoms with van der Waals surface area (Å²) in [6.45, 7) is 1.83. The normalized spacial score (nSPS) is 21.9. The van der Waals surface area contributed by atoms with Gasteiger partial charge in [-0.15, -0.1) is 0 Å². The molecule has 2 aromatic carbocycles. The molecule has 14 heteroatoms. The van der Waals surface area contributed by atoms with E-state index >= 15 is 0 Å². The lowest BCUT2D eigenvalue weighted by Crippen LogP contribution is -2.67. The maximum atomic E-state index is 15.0. The Bertz CT molecular complexity index is 1610. The van der Waals surface area contributed by atoms with Crippen LogP contribution >= 0.6 is 0 Å². The molecule has 7 nitrogen and oxygen atoms in total. The van der Waals surface area contributed by atoms with Crippen LogP contribution < -0.4 is 9.47 Å². The second-order valence-corrected chi connectivity index (χ2v) is 11.6. The number of amides is 2. The zero-order chi connectivity index (χ0) is 34.1. The molecule has 0 spiro atoms. The topological polar surface area (TPSA) is 72.0 Å². The van der Waals surface area contributed by atoms with E-state index in [2.05, 4.69) is 4.98 Å². The van der Waals surface area contributed by atoms with Crippen LogP contribution in [0.2, 0.25) is 0 Å². The average Bonchev–Trinajstić information content (AvgIpc) is 3.52. The Balaban J connectivity index is 1.55. The quantitative estimate of drug-likeness (QED) is 0.251. The fourth-order valence-corrected chi connectivity index (χ4v) is 6.72. The molecule has 47 heavy (non-hydrogen) atoms. The summed E-state index contributed by atoms with van der Waals surface area (Å²) in [5.41, 5.74) is -4.46. The van der Waals surface area contributed by atoms with Crippen molar-refractivity contribution in [1.82, 2.24) is 14.8 Å². The second kappa shape index (κ2) is 13.0. The average molecular weight is 668 g/mol. The van der Waals surface area contributed by atoms with Gasteiger partial charge < -0.3 is 19.3 Å². The zero-order valence-electron chi connectivity index (χ0n) is 25.5. The molecule has 3 atom stereocenters. The predicted octanol–water partition coefficient (Wildman–Crippen LogP) is 7.12. The van der Waals surface area contributed by atoms with Crippen LogP contribution in [0.4, 0.5) is 30.7 Å². The van der Waals surface area contributed by atoms with Gasteiger partial charge in [-0.1, -0.05) is 13.0 Å². The second-order valence-electron chi connectivity index (χ2n) is 11.6. The van der Waals surface area contributed by atoms with E-state index in [1.54, 1.807) is 13.0 Å². The molecule has 0 N–H and O–H groups in total. The molecule has 2 unspecified atom stereocenters. The van der Waals surface area contributed by atoms with Crippen LogP contribution in [0, 0.1) is 5.82 Å². The summed E-state index contributed by atoms with van der Waals surface area (Å²) >= 11 is 0. The molecule has 2 saturated heterocycles. The first-order valence-electron chi connectivity index (χ1n) is 15.0. The van der Waals surface area contributed by atoms with E-state index in [4.69, 9.17) is 9.47 Å². The molecule has 1 aromatic heterocycles. The van der Waals surface area contributed by atoms with Gasteiger partial charge in [-0.05, 0) is 61.7 Å². The monoisotopic (exact) mass is 667 g/mol. The summed E-state index contributed by atoms with van der Waals surface area (Å²) in [6.07, 6.45) is -7.21. The number of aromatic nitrogens is 1. The van der Waals surface area contributed by atoms with Gasteiger partial charge in [0.1, 0.15) is 17.3 Å². The summed E-state index contributed by atoms with van der Waals surface area (Å²) < 4.78 is 108. The highest BCUT2D eigenvalue weighted by atomic mass is 19.4. The highest BCUT2D eigenvalue weighted by molar-refractivity contribution is 5.97.